The molecule has 0 spiro atoms. The van der Waals surface area contributed by atoms with E-state index in [0.717, 1.165) is 28.6 Å². The molecule has 0 aliphatic heterocycles. The molecule has 130 valence electrons. The molecular formula is C20H18N4O2. The molecule has 26 heavy (non-hydrogen) atoms. The summed E-state index contributed by atoms with van der Waals surface area (Å²) in [6.07, 6.45) is 0.880. The number of nitrogens with zero attached hydrogens (tertiary/aromatic N) is 4. The van der Waals surface area contributed by atoms with Crippen molar-refractivity contribution in [3.8, 4) is 22.8 Å². The maximum Gasteiger partial charge on any atom is 0.272 e. The number of benzene rings is 2. The number of hydrogen-bond donors (Lipinski definition) is 0. The van der Waals surface area contributed by atoms with E-state index < -0.39 is 0 Å². The molecule has 0 unspecified atom stereocenters. The summed E-state index contributed by atoms with van der Waals surface area (Å²) >= 11 is 0. The molecule has 0 bridgehead atoms. The van der Waals surface area contributed by atoms with Crippen molar-refractivity contribution < 1.29 is 4.52 Å². The van der Waals surface area contributed by atoms with Crippen LogP contribution in [0.2, 0.25) is 0 Å². The van der Waals surface area contributed by atoms with Crippen molar-refractivity contribution >= 4 is 11.0 Å². The number of rotatable bonds is 4. The maximum absolute atomic E-state index is 12.3. The predicted molar refractivity (Wildman–Crippen MR) is 99.8 cm³/mol. The lowest BCUT2D eigenvalue weighted by Gasteiger charge is -2.10. The van der Waals surface area contributed by atoms with Crippen LogP contribution in [0.3, 0.4) is 0 Å². The van der Waals surface area contributed by atoms with Crippen molar-refractivity contribution in [2.75, 3.05) is 0 Å². The first kappa shape index (κ1) is 16.2. The largest absolute Gasteiger partial charge is 0.334 e. The lowest BCUT2D eigenvalue weighted by molar-refractivity contribution is 0.432. The van der Waals surface area contributed by atoms with Gasteiger partial charge in [-0.1, -0.05) is 30.3 Å². The molecule has 0 N–H and O–H groups in total. The van der Waals surface area contributed by atoms with E-state index in [2.05, 4.69) is 15.1 Å². The van der Waals surface area contributed by atoms with E-state index in [-0.39, 0.29) is 5.56 Å². The summed E-state index contributed by atoms with van der Waals surface area (Å²) in [5.41, 5.74) is 3.69. The molecule has 4 aromatic rings. The zero-order chi connectivity index (χ0) is 18.1. The molecule has 0 atom stereocenters. The van der Waals surface area contributed by atoms with Gasteiger partial charge in [-0.2, -0.15) is 4.98 Å². The van der Waals surface area contributed by atoms with Gasteiger partial charge in [-0.15, -0.1) is 0 Å². The van der Waals surface area contributed by atoms with Crippen molar-refractivity contribution in [2.24, 2.45) is 0 Å². The fraction of sp³-hybridized carbons (Fsp3) is 0.200. The van der Waals surface area contributed by atoms with E-state index in [0.29, 0.717) is 24.0 Å². The van der Waals surface area contributed by atoms with Crippen LogP contribution in [0.1, 0.15) is 19.0 Å². The highest BCUT2D eigenvalue weighted by Gasteiger charge is 2.13. The first-order valence-corrected chi connectivity index (χ1v) is 8.58. The third-order valence-corrected chi connectivity index (χ3v) is 4.26. The number of fused-ring (bicyclic) bond motifs is 1. The second kappa shape index (κ2) is 6.55. The Kier molecular flexibility index (Phi) is 4.08. The summed E-state index contributed by atoms with van der Waals surface area (Å²) in [5, 5.41) is 4.09. The third-order valence-electron chi connectivity index (χ3n) is 4.26. The highest BCUT2D eigenvalue weighted by molar-refractivity contribution is 5.80. The van der Waals surface area contributed by atoms with Gasteiger partial charge in [-0.3, -0.25) is 4.79 Å². The summed E-state index contributed by atoms with van der Waals surface area (Å²) in [4.78, 5) is 21.3. The second-order valence-corrected chi connectivity index (χ2v) is 6.15. The topological polar surface area (TPSA) is 73.8 Å². The molecule has 0 radical (unpaired) electrons. The van der Waals surface area contributed by atoms with E-state index in [1.54, 1.807) is 11.5 Å². The van der Waals surface area contributed by atoms with Crippen LogP contribution in [-0.2, 0) is 6.54 Å². The Balaban J connectivity index is 1.80. The molecule has 2 heterocycles. The smallest absolute Gasteiger partial charge is 0.272 e. The molecule has 2 aromatic heterocycles. The molecule has 0 aliphatic rings. The van der Waals surface area contributed by atoms with E-state index >= 15 is 0 Å². The van der Waals surface area contributed by atoms with Gasteiger partial charge in [-0.05, 0) is 43.7 Å². The maximum atomic E-state index is 12.3. The van der Waals surface area contributed by atoms with Gasteiger partial charge < -0.3 is 9.09 Å². The summed E-state index contributed by atoms with van der Waals surface area (Å²) in [6.45, 7) is 4.45. The van der Waals surface area contributed by atoms with Crippen molar-refractivity contribution in [3.63, 3.8) is 0 Å². The SMILES string of the molecule is CCCn1c(=O)c(C)nc2cc(-c3noc(-c4ccccc4)n3)ccc21. The molecule has 2 aromatic carbocycles. The highest BCUT2D eigenvalue weighted by Crippen LogP contribution is 2.24. The highest BCUT2D eigenvalue weighted by atomic mass is 16.5. The van der Waals surface area contributed by atoms with Crippen LogP contribution in [0, 0.1) is 6.92 Å². The average molecular weight is 346 g/mol. The van der Waals surface area contributed by atoms with E-state index in [9.17, 15) is 4.79 Å². The van der Waals surface area contributed by atoms with E-state index in [1.165, 1.54) is 0 Å². The van der Waals surface area contributed by atoms with Crippen LogP contribution >= 0.6 is 0 Å². The lowest BCUT2D eigenvalue weighted by atomic mass is 10.1. The molecular weight excluding hydrogens is 328 g/mol. The van der Waals surface area contributed by atoms with Crippen molar-refractivity contribution in [1.82, 2.24) is 19.7 Å². The molecule has 6 nitrogen and oxygen atoms in total. The van der Waals surface area contributed by atoms with Gasteiger partial charge in [-0.25, -0.2) is 4.98 Å². The Morgan fingerprint density at radius 1 is 1.04 bits per heavy atom. The van der Waals surface area contributed by atoms with E-state index in [4.69, 9.17) is 4.52 Å². The standard InChI is InChI=1S/C20H18N4O2/c1-3-11-24-17-10-9-15(12-16(17)21-13(2)20(24)25)18-22-19(26-23-18)14-7-5-4-6-8-14/h4-10,12H,3,11H2,1-2H3. The molecule has 4 rings (SSSR count). The normalized spacial score (nSPS) is 11.2. The Bertz CT molecular complexity index is 1130. The molecule has 0 saturated heterocycles. The molecule has 0 aliphatic carbocycles. The van der Waals surface area contributed by atoms with Gasteiger partial charge in [0.25, 0.3) is 11.4 Å². The monoisotopic (exact) mass is 346 g/mol. The molecule has 0 saturated carbocycles. The van der Waals surface area contributed by atoms with Gasteiger partial charge in [0, 0.05) is 17.7 Å². The quantitative estimate of drug-likeness (QED) is 0.561. The van der Waals surface area contributed by atoms with Crippen LogP contribution in [0.15, 0.2) is 57.8 Å². The Hall–Kier alpha value is -3.28. The van der Waals surface area contributed by atoms with Crippen molar-refractivity contribution in [3.05, 3.63) is 64.6 Å². The Morgan fingerprint density at radius 2 is 1.85 bits per heavy atom. The van der Waals surface area contributed by atoms with Crippen LogP contribution in [0.25, 0.3) is 33.9 Å². The van der Waals surface area contributed by atoms with E-state index in [1.807, 2.05) is 55.5 Å². The number of hydrogen-bond acceptors (Lipinski definition) is 5. The van der Waals surface area contributed by atoms with Crippen molar-refractivity contribution in [1.29, 1.82) is 0 Å². The summed E-state index contributed by atoms with van der Waals surface area (Å²) in [6, 6.07) is 15.3. The minimum absolute atomic E-state index is 0.0435. The zero-order valence-corrected chi connectivity index (χ0v) is 14.6. The fourth-order valence-corrected chi connectivity index (χ4v) is 3.00. The lowest BCUT2D eigenvalue weighted by Crippen LogP contribution is -2.24. The average Bonchev–Trinajstić information content (AvgIpc) is 3.16. The molecule has 0 fully saturated rings. The third kappa shape index (κ3) is 2.79. The van der Waals surface area contributed by atoms with Gasteiger partial charge in [0.2, 0.25) is 5.82 Å². The predicted octanol–water partition coefficient (Wildman–Crippen LogP) is 3.83. The summed E-state index contributed by atoms with van der Waals surface area (Å²) in [5.74, 6) is 0.972. The van der Waals surface area contributed by atoms with Crippen molar-refractivity contribution in [2.45, 2.75) is 26.8 Å². The van der Waals surface area contributed by atoms with Gasteiger partial charge in [0.1, 0.15) is 5.69 Å². The van der Waals surface area contributed by atoms with Gasteiger partial charge >= 0.3 is 0 Å². The molecule has 6 heteroatoms. The van der Waals surface area contributed by atoms with Crippen LogP contribution < -0.4 is 5.56 Å². The van der Waals surface area contributed by atoms with Crippen LogP contribution in [-0.4, -0.2) is 19.7 Å². The molecule has 0 amide bonds. The van der Waals surface area contributed by atoms with Gasteiger partial charge in [0.15, 0.2) is 0 Å². The summed E-state index contributed by atoms with van der Waals surface area (Å²) in [7, 11) is 0. The van der Waals surface area contributed by atoms with Crippen LogP contribution in [0.4, 0.5) is 0 Å². The first-order chi connectivity index (χ1) is 12.7. The van der Waals surface area contributed by atoms with Crippen LogP contribution in [0.5, 0.6) is 0 Å². The Labute approximate surface area is 150 Å². The Morgan fingerprint density at radius 3 is 2.62 bits per heavy atom. The fourth-order valence-electron chi connectivity index (χ4n) is 3.00. The summed E-state index contributed by atoms with van der Waals surface area (Å²) < 4.78 is 7.16. The minimum Gasteiger partial charge on any atom is -0.334 e. The van der Waals surface area contributed by atoms with Gasteiger partial charge in [0.05, 0.1) is 11.0 Å². The second-order valence-electron chi connectivity index (χ2n) is 6.15. The number of aromatic nitrogens is 4. The number of aryl methyl sites for hydroxylation is 2. The zero-order valence-electron chi connectivity index (χ0n) is 14.6. The first-order valence-electron chi connectivity index (χ1n) is 8.58. The minimum atomic E-state index is -0.0435.